The lowest BCUT2D eigenvalue weighted by molar-refractivity contribution is -0.122. The summed E-state index contributed by atoms with van der Waals surface area (Å²) in [7, 11) is 0. The maximum Gasteiger partial charge on any atom is 0.236 e. The monoisotopic (exact) mass is 270 g/mol. The number of nitrogens with one attached hydrogen (secondary N) is 1. The Morgan fingerprint density at radius 3 is 2.75 bits per heavy atom. The molecule has 0 rings (SSSR count). The van der Waals surface area contributed by atoms with Crippen molar-refractivity contribution >= 4 is 30.1 Å². The number of halogens is 1. The Morgan fingerprint density at radius 1 is 1.50 bits per heavy atom. The summed E-state index contributed by atoms with van der Waals surface area (Å²) < 4.78 is 0. The van der Waals surface area contributed by atoms with Crippen LogP contribution in [0, 0.1) is 0 Å². The van der Waals surface area contributed by atoms with E-state index in [1.165, 1.54) is 0 Å². The fraction of sp³-hybridized carbons (Fsp3) is 0.900. The summed E-state index contributed by atoms with van der Waals surface area (Å²) in [6.07, 6.45) is 2.48. The molecule has 0 aliphatic carbocycles. The zero-order chi connectivity index (χ0) is 11.5. The van der Waals surface area contributed by atoms with Crippen LogP contribution in [0.2, 0.25) is 0 Å². The molecule has 0 heterocycles. The lowest BCUT2D eigenvalue weighted by Gasteiger charge is -2.10. The topological polar surface area (TPSA) is 75.4 Å². The summed E-state index contributed by atoms with van der Waals surface area (Å²) in [5.41, 5.74) is 5.64. The number of aliphatic hydroxyl groups is 1. The molecule has 1 amide bonds. The van der Waals surface area contributed by atoms with E-state index in [1.54, 1.807) is 11.8 Å². The van der Waals surface area contributed by atoms with E-state index in [4.69, 9.17) is 10.8 Å². The quantitative estimate of drug-likeness (QED) is 0.541. The Bertz CT molecular complexity index is 173. The first-order valence-electron chi connectivity index (χ1n) is 5.44. The first-order chi connectivity index (χ1) is 7.22. The van der Waals surface area contributed by atoms with Gasteiger partial charge in [0.2, 0.25) is 5.91 Å². The molecule has 0 radical (unpaired) electrons. The van der Waals surface area contributed by atoms with Crippen molar-refractivity contribution in [2.24, 2.45) is 5.73 Å². The number of rotatable bonds is 9. The van der Waals surface area contributed by atoms with Crippen molar-refractivity contribution in [3.8, 4) is 0 Å². The number of hydrogen-bond acceptors (Lipinski definition) is 4. The summed E-state index contributed by atoms with van der Waals surface area (Å²) in [6.45, 7) is 2.91. The molecule has 98 valence electrons. The Kier molecular flexibility index (Phi) is 15.1. The predicted octanol–water partition coefficient (Wildman–Crippen LogP) is 0.767. The van der Waals surface area contributed by atoms with Gasteiger partial charge in [-0.3, -0.25) is 4.79 Å². The predicted molar refractivity (Wildman–Crippen MR) is 72.2 cm³/mol. The van der Waals surface area contributed by atoms with Gasteiger partial charge in [0.1, 0.15) is 0 Å². The fourth-order valence-corrected chi connectivity index (χ4v) is 1.87. The zero-order valence-electron chi connectivity index (χ0n) is 9.78. The number of nitrogens with two attached hydrogens (primary N) is 1. The second-order valence-electron chi connectivity index (χ2n) is 3.38. The third-order valence-electron chi connectivity index (χ3n) is 1.93. The van der Waals surface area contributed by atoms with Crippen molar-refractivity contribution in [1.82, 2.24) is 5.32 Å². The molecular formula is C10H23ClN2O2S. The summed E-state index contributed by atoms with van der Waals surface area (Å²) in [5, 5.41) is 11.3. The minimum absolute atomic E-state index is 0. The van der Waals surface area contributed by atoms with Gasteiger partial charge in [0, 0.05) is 18.9 Å². The fourth-order valence-electron chi connectivity index (χ4n) is 1.09. The Morgan fingerprint density at radius 2 is 2.19 bits per heavy atom. The lowest BCUT2D eigenvalue weighted by Crippen LogP contribution is -2.41. The largest absolute Gasteiger partial charge is 0.396 e. The molecule has 0 aromatic heterocycles. The van der Waals surface area contributed by atoms with E-state index in [9.17, 15) is 4.79 Å². The maximum absolute atomic E-state index is 11.3. The van der Waals surface area contributed by atoms with E-state index < -0.39 is 0 Å². The number of aliphatic hydroxyl groups excluding tert-OH is 1. The molecule has 0 aromatic carbocycles. The Labute approximate surface area is 108 Å². The zero-order valence-corrected chi connectivity index (χ0v) is 11.4. The summed E-state index contributed by atoms with van der Waals surface area (Å²) in [4.78, 5) is 11.3. The summed E-state index contributed by atoms with van der Waals surface area (Å²) in [6, 6.07) is -0.363. The Hall–Kier alpha value is 0.0300. The van der Waals surface area contributed by atoms with Crippen LogP contribution in [0.3, 0.4) is 0 Å². The van der Waals surface area contributed by atoms with Gasteiger partial charge < -0.3 is 16.2 Å². The van der Waals surface area contributed by atoms with Crippen LogP contribution in [0.4, 0.5) is 0 Å². The van der Waals surface area contributed by atoms with Crippen molar-refractivity contribution in [2.75, 3.05) is 24.7 Å². The van der Waals surface area contributed by atoms with Crippen LogP contribution in [-0.4, -0.2) is 41.7 Å². The van der Waals surface area contributed by atoms with Gasteiger partial charge in [-0.1, -0.05) is 13.3 Å². The van der Waals surface area contributed by atoms with Gasteiger partial charge in [-0.25, -0.2) is 0 Å². The molecule has 4 nitrogen and oxygen atoms in total. The molecular weight excluding hydrogens is 248 g/mol. The second-order valence-corrected chi connectivity index (χ2v) is 4.60. The number of carbonyl (C=O) groups excluding carboxylic acids is 1. The SMILES string of the molecule is CCCC(N)C(=O)NCCSCCCO.Cl. The van der Waals surface area contributed by atoms with Crippen molar-refractivity contribution in [3.05, 3.63) is 0 Å². The molecule has 0 aromatic rings. The van der Waals surface area contributed by atoms with Crippen molar-refractivity contribution in [1.29, 1.82) is 0 Å². The summed E-state index contributed by atoms with van der Waals surface area (Å²) in [5.74, 6) is 1.76. The van der Waals surface area contributed by atoms with E-state index in [0.717, 1.165) is 30.8 Å². The average molecular weight is 271 g/mol. The highest BCUT2D eigenvalue weighted by molar-refractivity contribution is 7.99. The van der Waals surface area contributed by atoms with Crippen molar-refractivity contribution in [3.63, 3.8) is 0 Å². The van der Waals surface area contributed by atoms with Gasteiger partial charge in [0.25, 0.3) is 0 Å². The number of carbonyl (C=O) groups is 1. The smallest absolute Gasteiger partial charge is 0.236 e. The van der Waals surface area contributed by atoms with Crippen LogP contribution in [0.5, 0.6) is 0 Å². The number of hydrogen-bond donors (Lipinski definition) is 3. The minimum Gasteiger partial charge on any atom is -0.396 e. The molecule has 16 heavy (non-hydrogen) atoms. The highest BCUT2D eigenvalue weighted by Gasteiger charge is 2.10. The van der Waals surface area contributed by atoms with Gasteiger partial charge in [0.15, 0.2) is 0 Å². The molecule has 6 heteroatoms. The van der Waals surface area contributed by atoms with E-state index in [0.29, 0.717) is 6.54 Å². The first kappa shape index (κ1) is 18.4. The lowest BCUT2D eigenvalue weighted by atomic mass is 10.2. The Balaban J connectivity index is 0. The van der Waals surface area contributed by atoms with Crippen LogP contribution < -0.4 is 11.1 Å². The van der Waals surface area contributed by atoms with E-state index in [1.807, 2.05) is 6.92 Å². The van der Waals surface area contributed by atoms with Gasteiger partial charge in [-0.2, -0.15) is 11.8 Å². The second kappa shape index (κ2) is 13.1. The number of thioether (sulfide) groups is 1. The van der Waals surface area contributed by atoms with Crippen molar-refractivity contribution in [2.45, 2.75) is 32.2 Å². The first-order valence-corrected chi connectivity index (χ1v) is 6.59. The van der Waals surface area contributed by atoms with Gasteiger partial charge in [-0.15, -0.1) is 12.4 Å². The molecule has 1 atom stereocenters. The van der Waals surface area contributed by atoms with E-state index in [-0.39, 0.29) is 31.0 Å². The van der Waals surface area contributed by atoms with Gasteiger partial charge >= 0.3 is 0 Å². The van der Waals surface area contributed by atoms with Crippen molar-refractivity contribution < 1.29 is 9.90 Å². The molecule has 0 aliphatic rings. The van der Waals surface area contributed by atoms with Crippen LogP contribution in [0.1, 0.15) is 26.2 Å². The van der Waals surface area contributed by atoms with Crippen LogP contribution in [-0.2, 0) is 4.79 Å². The summed E-state index contributed by atoms with van der Waals surface area (Å²) >= 11 is 1.73. The van der Waals surface area contributed by atoms with Crippen LogP contribution in [0.25, 0.3) is 0 Å². The molecule has 0 fully saturated rings. The third-order valence-corrected chi connectivity index (χ3v) is 3.00. The molecule has 0 bridgehead atoms. The third kappa shape index (κ3) is 10.5. The highest BCUT2D eigenvalue weighted by Crippen LogP contribution is 2.00. The standard InChI is InChI=1S/C10H22N2O2S.ClH/c1-2-4-9(11)10(14)12-5-8-15-7-3-6-13;/h9,13H,2-8,11H2,1H3,(H,12,14);1H. The molecule has 0 saturated carbocycles. The molecule has 4 N–H and O–H groups in total. The normalized spacial score (nSPS) is 11.7. The number of amides is 1. The molecule has 0 spiro atoms. The minimum atomic E-state index is -0.363. The molecule has 0 aliphatic heterocycles. The van der Waals surface area contributed by atoms with E-state index >= 15 is 0 Å². The van der Waals surface area contributed by atoms with Gasteiger partial charge in [-0.05, 0) is 18.6 Å². The highest BCUT2D eigenvalue weighted by atomic mass is 35.5. The average Bonchev–Trinajstić information content (AvgIpc) is 2.23. The molecule has 0 saturated heterocycles. The van der Waals surface area contributed by atoms with E-state index in [2.05, 4.69) is 5.32 Å². The maximum atomic E-state index is 11.3. The van der Waals surface area contributed by atoms with Crippen LogP contribution >= 0.6 is 24.2 Å². The van der Waals surface area contributed by atoms with Gasteiger partial charge in [0.05, 0.1) is 6.04 Å². The van der Waals surface area contributed by atoms with Crippen LogP contribution in [0.15, 0.2) is 0 Å². The molecule has 1 unspecified atom stereocenters.